The topological polar surface area (TPSA) is 55.4 Å². The van der Waals surface area contributed by atoms with Crippen LogP contribution in [0.3, 0.4) is 0 Å². The first kappa shape index (κ1) is 18.0. The summed E-state index contributed by atoms with van der Waals surface area (Å²) in [6, 6.07) is -0.449. The Morgan fingerprint density at radius 3 is 2.19 bits per heavy atom. The van der Waals surface area contributed by atoms with E-state index in [2.05, 4.69) is 19.2 Å². The number of cyclic esters (lactones) is 1. The van der Waals surface area contributed by atoms with Crippen molar-refractivity contribution in [2.75, 3.05) is 0 Å². The van der Waals surface area contributed by atoms with Crippen LogP contribution in [0.1, 0.15) is 78.6 Å². The molecule has 21 heavy (non-hydrogen) atoms. The van der Waals surface area contributed by atoms with E-state index in [4.69, 9.17) is 4.74 Å². The van der Waals surface area contributed by atoms with Crippen molar-refractivity contribution in [1.29, 1.82) is 0 Å². The lowest BCUT2D eigenvalue weighted by Crippen LogP contribution is -2.42. The van der Waals surface area contributed by atoms with E-state index in [-0.39, 0.29) is 17.8 Å². The molecule has 0 aromatic carbocycles. The van der Waals surface area contributed by atoms with Crippen LogP contribution in [0.5, 0.6) is 0 Å². The van der Waals surface area contributed by atoms with E-state index in [1.54, 1.807) is 6.92 Å². The van der Waals surface area contributed by atoms with Crippen LogP contribution in [0, 0.1) is 5.92 Å². The Labute approximate surface area is 129 Å². The zero-order valence-corrected chi connectivity index (χ0v) is 13.8. The Hall–Kier alpha value is -1.06. The molecular weight excluding hydrogens is 266 g/mol. The van der Waals surface area contributed by atoms with E-state index in [1.165, 1.54) is 25.7 Å². The fourth-order valence-corrected chi connectivity index (χ4v) is 2.96. The molecule has 1 N–H and O–H groups in total. The average Bonchev–Trinajstić information content (AvgIpc) is 2.80. The van der Waals surface area contributed by atoms with Crippen molar-refractivity contribution in [3.63, 3.8) is 0 Å². The third kappa shape index (κ3) is 6.06. The van der Waals surface area contributed by atoms with Crippen LogP contribution in [0.2, 0.25) is 0 Å². The summed E-state index contributed by atoms with van der Waals surface area (Å²) in [6.07, 6.45) is 9.25. The van der Waals surface area contributed by atoms with E-state index >= 15 is 0 Å². The molecule has 1 fully saturated rings. The Morgan fingerprint density at radius 1 is 1.10 bits per heavy atom. The Kier molecular flexibility index (Phi) is 8.40. The van der Waals surface area contributed by atoms with Crippen molar-refractivity contribution in [1.82, 2.24) is 5.32 Å². The van der Waals surface area contributed by atoms with Crippen LogP contribution in [0.15, 0.2) is 0 Å². The second-order valence-corrected chi connectivity index (χ2v) is 6.18. The van der Waals surface area contributed by atoms with Gasteiger partial charge >= 0.3 is 6.09 Å². The number of nitrogens with one attached hydrogen (secondary N) is 1. The summed E-state index contributed by atoms with van der Waals surface area (Å²) in [5, 5.41) is 2.67. The molecule has 3 atom stereocenters. The van der Waals surface area contributed by atoms with Gasteiger partial charge in [0.05, 0.1) is 0 Å². The predicted molar refractivity (Wildman–Crippen MR) is 84.3 cm³/mol. The van der Waals surface area contributed by atoms with Gasteiger partial charge in [0.1, 0.15) is 12.1 Å². The van der Waals surface area contributed by atoms with E-state index in [1.807, 2.05) is 0 Å². The number of amides is 1. The molecular formula is C17H31NO3. The summed E-state index contributed by atoms with van der Waals surface area (Å²) < 4.78 is 5.04. The van der Waals surface area contributed by atoms with Gasteiger partial charge in [0.25, 0.3) is 0 Å². The summed E-state index contributed by atoms with van der Waals surface area (Å²) in [6.45, 7) is 6.16. The minimum Gasteiger partial charge on any atom is -0.444 e. The fourth-order valence-electron chi connectivity index (χ4n) is 2.96. The Balaban J connectivity index is 2.52. The van der Waals surface area contributed by atoms with Gasteiger partial charge in [0, 0.05) is 5.92 Å². The number of Topliss-reactive ketones (excluding diaryl/α,β-unsaturated/α-hetero) is 1. The quantitative estimate of drug-likeness (QED) is 0.581. The first-order valence-corrected chi connectivity index (χ1v) is 8.61. The highest BCUT2D eigenvalue weighted by Gasteiger charge is 2.38. The van der Waals surface area contributed by atoms with Gasteiger partial charge in [-0.25, -0.2) is 4.79 Å². The van der Waals surface area contributed by atoms with Crippen molar-refractivity contribution in [3.05, 3.63) is 0 Å². The number of carbonyl (C=O) groups is 2. The van der Waals surface area contributed by atoms with Gasteiger partial charge in [-0.3, -0.25) is 4.79 Å². The Morgan fingerprint density at radius 2 is 1.67 bits per heavy atom. The van der Waals surface area contributed by atoms with Crippen LogP contribution >= 0.6 is 0 Å². The maximum atomic E-state index is 12.7. The molecule has 4 nitrogen and oxygen atoms in total. The van der Waals surface area contributed by atoms with Crippen LogP contribution in [0.25, 0.3) is 0 Å². The highest BCUT2D eigenvalue weighted by Crippen LogP contribution is 2.23. The summed E-state index contributed by atoms with van der Waals surface area (Å²) in [7, 11) is 0. The fraction of sp³-hybridized carbons (Fsp3) is 0.882. The van der Waals surface area contributed by atoms with E-state index < -0.39 is 12.1 Å². The van der Waals surface area contributed by atoms with E-state index in [0.29, 0.717) is 0 Å². The normalized spacial score (nSPS) is 22.7. The van der Waals surface area contributed by atoms with E-state index in [0.717, 1.165) is 32.1 Å². The van der Waals surface area contributed by atoms with Gasteiger partial charge in [-0.15, -0.1) is 0 Å². The standard InChI is InChI=1S/C17H31NO3/c1-4-6-8-10-12-14(11-9-7-5-2)16(19)15-13(3)21-17(20)18-15/h13-15H,4-12H2,1-3H3,(H,18,20)/t13-,14?,15-/m1/s1. The van der Waals surface area contributed by atoms with Gasteiger partial charge in [0.2, 0.25) is 0 Å². The summed E-state index contributed by atoms with van der Waals surface area (Å²) in [4.78, 5) is 23.9. The minimum absolute atomic E-state index is 0.0721. The zero-order valence-electron chi connectivity index (χ0n) is 13.8. The third-order valence-electron chi connectivity index (χ3n) is 4.31. The highest BCUT2D eigenvalue weighted by atomic mass is 16.6. The van der Waals surface area contributed by atoms with Crippen LogP contribution < -0.4 is 5.32 Å². The first-order chi connectivity index (χ1) is 10.1. The number of hydrogen-bond donors (Lipinski definition) is 1. The molecule has 1 rings (SSSR count). The van der Waals surface area contributed by atoms with Crippen LogP contribution in [-0.4, -0.2) is 24.0 Å². The summed E-state index contributed by atoms with van der Waals surface area (Å²) in [5.74, 6) is 0.240. The molecule has 0 bridgehead atoms. The zero-order chi connectivity index (χ0) is 15.7. The van der Waals surface area contributed by atoms with E-state index in [9.17, 15) is 9.59 Å². The molecule has 122 valence electrons. The third-order valence-corrected chi connectivity index (χ3v) is 4.31. The highest BCUT2D eigenvalue weighted by molar-refractivity contribution is 5.91. The molecule has 0 aromatic heterocycles. The average molecular weight is 297 g/mol. The number of ether oxygens (including phenoxy) is 1. The monoisotopic (exact) mass is 297 g/mol. The molecule has 1 amide bonds. The number of unbranched alkanes of at least 4 members (excludes halogenated alkanes) is 5. The SMILES string of the molecule is CCCCCCC(CCCCC)C(=O)[C@@H]1NC(=O)O[C@@H]1C. The number of carbonyl (C=O) groups excluding carboxylic acids is 2. The molecule has 0 spiro atoms. The van der Waals surface area contributed by atoms with Gasteiger partial charge < -0.3 is 10.1 Å². The van der Waals surface area contributed by atoms with Gasteiger partial charge in [0.15, 0.2) is 5.78 Å². The summed E-state index contributed by atoms with van der Waals surface area (Å²) in [5.41, 5.74) is 0. The van der Waals surface area contributed by atoms with Crippen LogP contribution in [-0.2, 0) is 9.53 Å². The molecule has 1 heterocycles. The number of hydrogen-bond acceptors (Lipinski definition) is 3. The Bertz CT molecular complexity index is 330. The second-order valence-electron chi connectivity index (χ2n) is 6.18. The summed E-state index contributed by atoms with van der Waals surface area (Å²) >= 11 is 0. The lowest BCUT2D eigenvalue weighted by Gasteiger charge is -2.20. The molecule has 1 aliphatic rings. The molecule has 1 unspecified atom stereocenters. The second kappa shape index (κ2) is 9.80. The molecule has 0 aliphatic carbocycles. The molecule has 0 saturated carbocycles. The van der Waals surface area contributed by atoms with Crippen molar-refractivity contribution in [2.24, 2.45) is 5.92 Å². The van der Waals surface area contributed by atoms with Crippen molar-refractivity contribution < 1.29 is 14.3 Å². The molecule has 0 aromatic rings. The van der Waals surface area contributed by atoms with Crippen molar-refractivity contribution in [3.8, 4) is 0 Å². The maximum absolute atomic E-state index is 12.7. The minimum atomic E-state index is -0.459. The molecule has 1 aliphatic heterocycles. The van der Waals surface area contributed by atoms with Crippen molar-refractivity contribution in [2.45, 2.75) is 90.7 Å². The number of alkyl carbamates (subject to hydrolysis) is 1. The van der Waals surface area contributed by atoms with Gasteiger partial charge in [-0.2, -0.15) is 0 Å². The van der Waals surface area contributed by atoms with Crippen LogP contribution in [0.4, 0.5) is 4.79 Å². The first-order valence-electron chi connectivity index (χ1n) is 8.61. The molecule has 0 radical (unpaired) electrons. The maximum Gasteiger partial charge on any atom is 0.408 e. The predicted octanol–water partition coefficient (Wildman–Crippen LogP) is 4.22. The molecule has 4 heteroatoms. The van der Waals surface area contributed by atoms with Gasteiger partial charge in [-0.1, -0.05) is 58.8 Å². The lowest BCUT2D eigenvalue weighted by molar-refractivity contribution is -0.126. The number of rotatable bonds is 11. The largest absolute Gasteiger partial charge is 0.444 e. The molecule has 1 saturated heterocycles. The lowest BCUT2D eigenvalue weighted by atomic mass is 9.86. The van der Waals surface area contributed by atoms with Crippen molar-refractivity contribution >= 4 is 11.9 Å². The number of ketones is 1. The smallest absolute Gasteiger partial charge is 0.408 e. The van der Waals surface area contributed by atoms with Gasteiger partial charge in [-0.05, 0) is 19.8 Å².